The van der Waals surface area contributed by atoms with Crippen molar-refractivity contribution in [1.29, 1.82) is 0 Å². The predicted molar refractivity (Wildman–Crippen MR) is 128 cm³/mol. The van der Waals surface area contributed by atoms with Gasteiger partial charge in [0.25, 0.3) is 5.91 Å². The Hall–Kier alpha value is -2.09. The van der Waals surface area contributed by atoms with Gasteiger partial charge in [-0.3, -0.25) is 9.79 Å². The second kappa shape index (κ2) is 11.0. The third-order valence-corrected chi connectivity index (χ3v) is 4.54. The lowest BCUT2D eigenvalue weighted by atomic mass is 9.85. The summed E-state index contributed by atoms with van der Waals surface area (Å²) in [6.45, 7) is 5.83. The minimum atomic E-state index is -0.00688. The van der Waals surface area contributed by atoms with Crippen molar-refractivity contribution in [2.24, 2.45) is 4.99 Å². The average Bonchev–Trinajstić information content (AvgIpc) is 2.68. The van der Waals surface area contributed by atoms with Gasteiger partial charge in [-0.25, -0.2) is 0 Å². The van der Waals surface area contributed by atoms with Crippen LogP contribution >= 0.6 is 24.0 Å². The number of hydrogen-bond donors (Lipinski definition) is 2. The first kappa shape index (κ1) is 23.9. The number of rotatable bonds is 6. The Labute approximate surface area is 185 Å². The molecule has 0 unspecified atom stereocenters. The zero-order valence-electron chi connectivity index (χ0n) is 17.3. The van der Waals surface area contributed by atoms with Crippen LogP contribution in [0.5, 0.6) is 0 Å². The first-order chi connectivity index (χ1) is 12.8. The van der Waals surface area contributed by atoms with Crippen LogP contribution < -0.4 is 10.6 Å². The highest BCUT2D eigenvalue weighted by atomic mass is 127. The van der Waals surface area contributed by atoms with E-state index in [9.17, 15) is 4.79 Å². The van der Waals surface area contributed by atoms with Crippen LogP contribution in [0.15, 0.2) is 59.6 Å². The maximum atomic E-state index is 11.9. The van der Waals surface area contributed by atoms with Crippen molar-refractivity contribution in [1.82, 2.24) is 15.5 Å². The van der Waals surface area contributed by atoms with E-state index in [1.807, 2.05) is 30.3 Å². The van der Waals surface area contributed by atoms with E-state index in [1.165, 1.54) is 5.56 Å². The minimum absolute atomic E-state index is 0. The molecular formula is C22H31IN4O. The molecule has 0 aliphatic carbocycles. The smallest absolute Gasteiger partial charge is 0.253 e. The molecule has 1 amide bonds. The molecule has 0 atom stereocenters. The standard InChI is InChI=1S/C22H30N4O.HI/c1-22(2,19-9-7-6-8-10-19)16-25-21(23-3)24-15-17-11-13-18(14-12-17)20(27)26(4)5;/h6-14H,15-16H2,1-5H3,(H2,23,24,25);1H. The number of guanidine groups is 1. The Morgan fingerprint density at radius 2 is 1.61 bits per heavy atom. The van der Waals surface area contributed by atoms with Gasteiger partial charge in [0.15, 0.2) is 5.96 Å². The number of halogens is 1. The van der Waals surface area contributed by atoms with E-state index < -0.39 is 0 Å². The number of amides is 1. The van der Waals surface area contributed by atoms with Crippen LogP contribution in [-0.4, -0.2) is 44.5 Å². The van der Waals surface area contributed by atoms with E-state index in [0.717, 1.165) is 18.1 Å². The third kappa shape index (κ3) is 6.82. The predicted octanol–water partition coefficient (Wildman–Crippen LogP) is 3.65. The maximum absolute atomic E-state index is 11.9. The van der Waals surface area contributed by atoms with Gasteiger partial charge >= 0.3 is 0 Å². The summed E-state index contributed by atoms with van der Waals surface area (Å²) in [5.74, 6) is 0.766. The fourth-order valence-corrected chi connectivity index (χ4v) is 2.73. The van der Waals surface area contributed by atoms with Crippen LogP contribution in [0, 0.1) is 0 Å². The SMILES string of the molecule is CN=C(NCc1ccc(C(=O)N(C)C)cc1)NCC(C)(C)c1ccccc1.I. The summed E-state index contributed by atoms with van der Waals surface area (Å²) in [7, 11) is 5.28. The molecule has 5 nitrogen and oxygen atoms in total. The van der Waals surface area contributed by atoms with E-state index in [0.29, 0.717) is 12.1 Å². The zero-order valence-corrected chi connectivity index (χ0v) is 19.7. The Morgan fingerprint density at radius 1 is 1.00 bits per heavy atom. The molecule has 0 radical (unpaired) electrons. The van der Waals surface area contributed by atoms with Gasteiger partial charge in [0.05, 0.1) is 0 Å². The van der Waals surface area contributed by atoms with Crippen molar-refractivity contribution in [3.63, 3.8) is 0 Å². The van der Waals surface area contributed by atoms with Crippen LogP contribution in [0.1, 0.15) is 35.3 Å². The maximum Gasteiger partial charge on any atom is 0.253 e. The Kier molecular flexibility index (Phi) is 9.45. The van der Waals surface area contributed by atoms with Gasteiger partial charge in [0.2, 0.25) is 0 Å². The number of aliphatic imine (C=N–C) groups is 1. The summed E-state index contributed by atoms with van der Waals surface area (Å²) in [6.07, 6.45) is 0. The van der Waals surface area contributed by atoms with E-state index in [4.69, 9.17) is 0 Å². The molecule has 0 saturated heterocycles. The molecule has 0 aliphatic heterocycles. The van der Waals surface area contributed by atoms with Gasteiger partial charge in [-0.1, -0.05) is 56.3 Å². The lowest BCUT2D eigenvalue weighted by molar-refractivity contribution is 0.0827. The van der Waals surface area contributed by atoms with Crippen molar-refractivity contribution in [3.8, 4) is 0 Å². The summed E-state index contributed by atoms with van der Waals surface area (Å²) >= 11 is 0. The van der Waals surface area contributed by atoms with Crippen molar-refractivity contribution in [2.75, 3.05) is 27.7 Å². The van der Waals surface area contributed by atoms with Crippen molar-refractivity contribution in [3.05, 3.63) is 71.3 Å². The first-order valence-corrected chi connectivity index (χ1v) is 9.14. The third-order valence-electron chi connectivity index (χ3n) is 4.54. The summed E-state index contributed by atoms with van der Waals surface area (Å²) in [4.78, 5) is 17.8. The van der Waals surface area contributed by atoms with Gasteiger partial charge in [-0.2, -0.15) is 0 Å². The van der Waals surface area contributed by atoms with Gasteiger partial charge in [0.1, 0.15) is 0 Å². The molecule has 0 aliphatic rings. The number of benzene rings is 2. The van der Waals surface area contributed by atoms with E-state index in [2.05, 4.69) is 53.7 Å². The number of hydrogen-bond acceptors (Lipinski definition) is 2. The molecule has 0 heterocycles. The van der Waals surface area contributed by atoms with Crippen molar-refractivity contribution < 1.29 is 4.79 Å². The number of nitrogens with one attached hydrogen (secondary N) is 2. The Balaban J connectivity index is 0.00000392. The Morgan fingerprint density at radius 3 is 2.14 bits per heavy atom. The largest absolute Gasteiger partial charge is 0.356 e. The number of carbonyl (C=O) groups excluding carboxylic acids is 1. The molecule has 152 valence electrons. The van der Waals surface area contributed by atoms with Crippen LogP contribution in [-0.2, 0) is 12.0 Å². The monoisotopic (exact) mass is 494 g/mol. The highest BCUT2D eigenvalue weighted by molar-refractivity contribution is 14.0. The fourth-order valence-electron chi connectivity index (χ4n) is 2.73. The van der Waals surface area contributed by atoms with Gasteiger partial charge in [0, 0.05) is 45.2 Å². The molecular weight excluding hydrogens is 463 g/mol. The molecule has 2 rings (SSSR count). The van der Waals surface area contributed by atoms with E-state index in [-0.39, 0.29) is 35.3 Å². The molecule has 0 bridgehead atoms. The molecule has 0 spiro atoms. The molecule has 28 heavy (non-hydrogen) atoms. The number of carbonyl (C=O) groups is 1. The highest BCUT2D eigenvalue weighted by Gasteiger charge is 2.20. The molecule has 0 saturated carbocycles. The average molecular weight is 494 g/mol. The summed E-state index contributed by atoms with van der Waals surface area (Å²) in [6, 6.07) is 18.1. The topological polar surface area (TPSA) is 56.7 Å². The van der Waals surface area contributed by atoms with Gasteiger partial charge in [-0.05, 0) is 23.3 Å². The minimum Gasteiger partial charge on any atom is -0.356 e. The van der Waals surface area contributed by atoms with E-state index >= 15 is 0 Å². The quantitative estimate of drug-likeness (QED) is 0.366. The molecule has 2 N–H and O–H groups in total. The van der Waals surface area contributed by atoms with Crippen LogP contribution in [0.3, 0.4) is 0 Å². The van der Waals surface area contributed by atoms with Crippen LogP contribution in [0.4, 0.5) is 0 Å². The van der Waals surface area contributed by atoms with Crippen LogP contribution in [0.2, 0.25) is 0 Å². The summed E-state index contributed by atoms with van der Waals surface area (Å²) in [5, 5.41) is 6.73. The highest BCUT2D eigenvalue weighted by Crippen LogP contribution is 2.21. The van der Waals surface area contributed by atoms with Crippen molar-refractivity contribution in [2.45, 2.75) is 25.8 Å². The summed E-state index contributed by atoms with van der Waals surface area (Å²) < 4.78 is 0. The Bertz CT molecular complexity index is 771. The second-order valence-corrected chi connectivity index (χ2v) is 7.43. The lowest BCUT2D eigenvalue weighted by Gasteiger charge is -2.26. The number of nitrogens with zero attached hydrogens (tertiary/aromatic N) is 2. The molecule has 0 aromatic heterocycles. The molecule has 6 heteroatoms. The molecule has 2 aromatic rings. The lowest BCUT2D eigenvalue weighted by Crippen LogP contribution is -2.43. The van der Waals surface area contributed by atoms with Gasteiger partial charge < -0.3 is 15.5 Å². The fraction of sp³-hybridized carbons (Fsp3) is 0.364. The summed E-state index contributed by atoms with van der Waals surface area (Å²) in [5.41, 5.74) is 3.06. The van der Waals surface area contributed by atoms with Gasteiger partial charge in [-0.15, -0.1) is 24.0 Å². The van der Waals surface area contributed by atoms with E-state index in [1.54, 1.807) is 26.0 Å². The molecule has 0 fully saturated rings. The molecule has 2 aromatic carbocycles. The normalized spacial score (nSPS) is 11.4. The second-order valence-electron chi connectivity index (χ2n) is 7.43. The van der Waals surface area contributed by atoms with Crippen molar-refractivity contribution >= 4 is 35.8 Å². The zero-order chi connectivity index (χ0) is 19.9. The van der Waals surface area contributed by atoms with Crippen LogP contribution in [0.25, 0.3) is 0 Å². The first-order valence-electron chi connectivity index (χ1n) is 9.14.